The van der Waals surface area contributed by atoms with E-state index in [1.165, 1.54) is 12.3 Å². The lowest BCUT2D eigenvalue weighted by atomic mass is 10.3. The summed E-state index contributed by atoms with van der Waals surface area (Å²) in [5, 5.41) is 12.3. The highest BCUT2D eigenvalue weighted by Gasteiger charge is 2.13. The summed E-state index contributed by atoms with van der Waals surface area (Å²) >= 11 is 2.84. The van der Waals surface area contributed by atoms with Gasteiger partial charge in [-0.05, 0) is 28.1 Å². The second-order valence-electron chi connectivity index (χ2n) is 3.17. The predicted molar refractivity (Wildman–Crippen MR) is 58.1 cm³/mol. The molecule has 4 nitrogen and oxygen atoms in total. The van der Waals surface area contributed by atoms with Crippen LogP contribution in [0.15, 0.2) is 28.9 Å². The predicted octanol–water partition coefficient (Wildman–Crippen LogP) is 2.61. The van der Waals surface area contributed by atoms with Crippen LogP contribution in [0.25, 0.3) is 5.69 Å². The molecule has 0 amide bonds. The van der Waals surface area contributed by atoms with Crippen molar-refractivity contribution in [2.75, 3.05) is 0 Å². The second kappa shape index (κ2) is 4.25. The molecule has 0 fully saturated rings. The molecule has 7 heteroatoms. The number of hydrogen-bond acceptors (Lipinski definition) is 2. The standard InChI is InChI=1S/C10H5BrF2N2O2/c11-5-3-7(13)9(4-6(5)12)15-2-1-8(14-15)10(16)17/h1-4H,(H,16,17). The van der Waals surface area contributed by atoms with Crippen molar-refractivity contribution in [1.82, 2.24) is 9.78 Å². The molecule has 1 aromatic heterocycles. The second-order valence-corrected chi connectivity index (χ2v) is 4.02. The first-order valence-electron chi connectivity index (χ1n) is 4.43. The highest BCUT2D eigenvalue weighted by atomic mass is 79.9. The van der Waals surface area contributed by atoms with Crippen molar-refractivity contribution in [3.63, 3.8) is 0 Å². The molecule has 88 valence electrons. The monoisotopic (exact) mass is 302 g/mol. The molecule has 0 aliphatic carbocycles. The maximum atomic E-state index is 13.5. The summed E-state index contributed by atoms with van der Waals surface area (Å²) in [6.45, 7) is 0. The minimum atomic E-state index is -1.23. The Kier molecular flexibility index (Phi) is 2.93. The molecule has 0 unspecified atom stereocenters. The Morgan fingerprint density at radius 1 is 1.35 bits per heavy atom. The van der Waals surface area contributed by atoms with E-state index in [0.29, 0.717) is 0 Å². The van der Waals surface area contributed by atoms with Crippen molar-refractivity contribution in [3.05, 3.63) is 46.2 Å². The van der Waals surface area contributed by atoms with Crippen LogP contribution in [0.2, 0.25) is 0 Å². The van der Waals surface area contributed by atoms with Crippen LogP contribution >= 0.6 is 15.9 Å². The summed E-state index contributed by atoms with van der Waals surface area (Å²) < 4.78 is 27.7. The fourth-order valence-corrected chi connectivity index (χ4v) is 1.58. The zero-order valence-electron chi connectivity index (χ0n) is 8.19. The summed E-state index contributed by atoms with van der Waals surface area (Å²) in [6.07, 6.45) is 1.25. The number of nitrogens with zero attached hydrogens (tertiary/aromatic N) is 2. The van der Waals surface area contributed by atoms with Gasteiger partial charge in [-0.1, -0.05) is 0 Å². The lowest BCUT2D eigenvalue weighted by molar-refractivity contribution is 0.0690. The smallest absolute Gasteiger partial charge is 0.356 e. The molecule has 0 atom stereocenters. The third-order valence-corrected chi connectivity index (χ3v) is 2.65. The summed E-state index contributed by atoms with van der Waals surface area (Å²) in [5.74, 6) is -2.60. The van der Waals surface area contributed by atoms with Gasteiger partial charge in [-0.2, -0.15) is 5.10 Å². The first-order valence-corrected chi connectivity index (χ1v) is 5.22. The van der Waals surface area contributed by atoms with Crippen molar-refractivity contribution in [1.29, 1.82) is 0 Å². The molecule has 1 heterocycles. The normalized spacial score (nSPS) is 10.5. The van der Waals surface area contributed by atoms with E-state index in [1.54, 1.807) is 0 Å². The first kappa shape index (κ1) is 11.7. The molecule has 0 aliphatic rings. The minimum Gasteiger partial charge on any atom is -0.476 e. The van der Waals surface area contributed by atoms with E-state index in [1.807, 2.05) is 0 Å². The quantitative estimate of drug-likeness (QED) is 0.868. The molecule has 1 aromatic carbocycles. The van der Waals surface area contributed by atoms with Gasteiger partial charge in [-0.25, -0.2) is 18.3 Å². The molecule has 0 bridgehead atoms. The SMILES string of the molecule is O=C(O)c1ccn(-c2cc(F)c(Br)cc2F)n1. The molecule has 0 aliphatic heterocycles. The van der Waals surface area contributed by atoms with E-state index in [-0.39, 0.29) is 15.9 Å². The van der Waals surface area contributed by atoms with Crippen LogP contribution in [0, 0.1) is 11.6 Å². The Hall–Kier alpha value is -1.76. The van der Waals surface area contributed by atoms with Crippen molar-refractivity contribution in [3.8, 4) is 5.69 Å². The Bertz CT molecular complexity index is 598. The average molecular weight is 303 g/mol. The van der Waals surface area contributed by atoms with Crippen molar-refractivity contribution >= 4 is 21.9 Å². The number of carboxylic acids is 1. The van der Waals surface area contributed by atoms with Gasteiger partial charge >= 0.3 is 5.97 Å². The van der Waals surface area contributed by atoms with Gasteiger partial charge in [0.15, 0.2) is 5.69 Å². The Labute approximate surface area is 103 Å². The van der Waals surface area contributed by atoms with Crippen LogP contribution < -0.4 is 0 Å². The van der Waals surface area contributed by atoms with Crippen molar-refractivity contribution in [2.24, 2.45) is 0 Å². The zero-order chi connectivity index (χ0) is 12.6. The van der Waals surface area contributed by atoms with E-state index in [4.69, 9.17) is 5.11 Å². The van der Waals surface area contributed by atoms with Gasteiger partial charge in [-0.3, -0.25) is 0 Å². The van der Waals surface area contributed by atoms with Crippen LogP contribution in [0.5, 0.6) is 0 Å². The fraction of sp³-hybridized carbons (Fsp3) is 0. The van der Waals surface area contributed by atoms with Gasteiger partial charge in [0.05, 0.1) is 4.47 Å². The van der Waals surface area contributed by atoms with Gasteiger partial charge in [-0.15, -0.1) is 0 Å². The summed E-state index contributed by atoms with van der Waals surface area (Å²) in [7, 11) is 0. The van der Waals surface area contributed by atoms with E-state index < -0.39 is 17.6 Å². The van der Waals surface area contributed by atoms with Gasteiger partial charge < -0.3 is 5.11 Å². The number of carboxylic acid groups (broad SMARTS) is 1. The Balaban J connectivity index is 2.52. The van der Waals surface area contributed by atoms with Crippen LogP contribution in [-0.2, 0) is 0 Å². The van der Waals surface area contributed by atoms with Crippen LogP contribution in [0.1, 0.15) is 10.5 Å². The molecule has 2 rings (SSSR count). The largest absolute Gasteiger partial charge is 0.476 e. The van der Waals surface area contributed by atoms with Gasteiger partial charge in [0.25, 0.3) is 0 Å². The first-order chi connectivity index (χ1) is 7.99. The maximum Gasteiger partial charge on any atom is 0.356 e. The zero-order valence-corrected chi connectivity index (χ0v) is 9.78. The van der Waals surface area contributed by atoms with E-state index >= 15 is 0 Å². The number of aromatic nitrogens is 2. The average Bonchev–Trinajstić information content (AvgIpc) is 2.72. The lowest BCUT2D eigenvalue weighted by Crippen LogP contribution is -2.03. The molecular formula is C10H5BrF2N2O2. The highest BCUT2D eigenvalue weighted by molar-refractivity contribution is 9.10. The van der Waals surface area contributed by atoms with E-state index in [9.17, 15) is 13.6 Å². The molecule has 0 radical (unpaired) electrons. The van der Waals surface area contributed by atoms with Crippen molar-refractivity contribution in [2.45, 2.75) is 0 Å². The van der Waals surface area contributed by atoms with E-state index in [0.717, 1.165) is 16.8 Å². The topological polar surface area (TPSA) is 55.1 Å². The summed E-state index contributed by atoms with van der Waals surface area (Å²) in [6, 6.07) is 3.08. The number of rotatable bonds is 2. The lowest BCUT2D eigenvalue weighted by Gasteiger charge is -2.04. The van der Waals surface area contributed by atoms with E-state index in [2.05, 4.69) is 21.0 Å². The van der Waals surface area contributed by atoms with Crippen LogP contribution in [-0.4, -0.2) is 20.9 Å². The van der Waals surface area contributed by atoms with Gasteiger partial charge in [0, 0.05) is 12.3 Å². The maximum absolute atomic E-state index is 13.5. The fourth-order valence-electron chi connectivity index (χ4n) is 1.26. The molecule has 1 N–H and O–H groups in total. The third-order valence-electron chi connectivity index (χ3n) is 2.04. The Morgan fingerprint density at radius 3 is 2.65 bits per heavy atom. The molecule has 2 aromatic rings. The Morgan fingerprint density at radius 2 is 2.06 bits per heavy atom. The van der Waals surface area contributed by atoms with Crippen molar-refractivity contribution < 1.29 is 18.7 Å². The van der Waals surface area contributed by atoms with Gasteiger partial charge in [0.1, 0.15) is 17.3 Å². The number of halogens is 3. The third kappa shape index (κ3) is 2.19. The molecule has 17 heavy (non-hydrogen) atoms. The van der Waals surface area contributed by atoms with Crippen LogP contribution in [0.4, 0.5) is 8.78 Å². The number of hydrogen-bond donors (Lipinski definition) is 1. The minimum absolute atomic E-state index is 0.00985. The van der Waals surface area contributed by atoms with Crippen LogP contribution in [0.3, 0.4) is 0 Å². The molecule has 0 spiro atoms. The number of carbonyl (C=O) groups is 1. The van der Waals surface area contributed by atoms with Gasteiger partial charge in [0.2, 0.25) is 0 Å². The number of aromatic carboxylic acids is 1. The summed E-state index contributed by atoms with van der Waals surface area (Å²) in [4.78, 5) is 10.6. The highest BCUT2D eigenvalue weighted by Crippen LogP contribution is 2.22. The molecular weight excluding hydrogens is 298 g/mol. The number of benzene rings is 1. The summed E-state index contributed by atoms with van der Waals surface area (Å²) in [5.41, 5.74) is -0.397. The molecule has 0 saturated carbocycles. The molecule has 0 saturated heterocycles.